The van der Waals surface area contributed by atoms with E-state index in [1.807, 2.05) is 73.4 Å². The molecule has 23 heteroatoms. The van der Waals surface area contributed by atoms with Gasteiger partial charge in [0.15, 0.2) is 5.71 Å². The van der Waals surface area contributed by atoms with E-state index in [4.69, 9.17) is 4.84 Å². The normalized spacial score (nSPS) is 19.6. The van der Waals surface area contributed by atoms with Crippen LogP contribution in [0.4, 0.5) is 11.4 Å². The van der Waals surface area contributed by atoms with E-state index in [1.165, 1.54) is 24.3 Å². The second-order valence-electron chi connectivity index (χ2n) is 19.0. The van der Waals surface area contributed by atoms with Gasteiger partial charge in [-0.15, -0.1) is 4.73 Å². The lowest BCUT2D eigenvalue weighted by Crippen LogP contribution is -2.31. The van der Waals surface area contributed by atoms with Gasteiger partial charge < -0.3 is 20.0 Å². The molecule has 1 aliphatic carbocycles. The first kappa shape index (κ1) is 58.3. The second-order valence-corrected chi connectivity index (χ2v) is 25.0. The number of nitrogens with zero attached hydrogens (tertiary/aromatic N) is 3. The van der Waals surface area contributed by atoms with E-state index in [2.05, 4.69) is 4.58 Å². The fourth-order valence-electron chi connectivity index (χ4n) is 9.85. The number of benzene rings is 2. The molecule has 406 valence electrons. The number of hydrogen-bond donors (Lipinski definition) is 6. The van der Waals surface area contributed by atoms with Crippen LogP contribution in [0.2, 0.25) is 0 Å². The summed E-state index contributed by atoms with van der Waals surface area (Å²) in [6.07, 6.45) is 26.9. The van der Waals surface area contributed by atoms with E-state index in [9.17, 15) is 66.9 Å². The Balaban J connectivity index is 1.37. The zero-order chi connectivity index (χ0) is 54.8. The molecule has 3 heterocycles. The summed E-state index contributed by atoms with van der Waals surface area (Å²) < 4.78 is 139. The number of fused-ring (bicyclic) bond motifs is 2. The highest BCUT2D eigenvalue weighted by molar-refractivity contribution is 7.86. The number of rotatable bonds is 26. The maximum absolute atomic E-state index is 12.6. The Morgan fingerprint density at radius 1 is 0.653 bits per heavy atom. The summed E-state index contributed by atoms with van der Waals surface area (Å²) in [5.74, 6) is -2.59. The van der Waals surface area contributed by atoms with Gasteiger partial charge in [-0.05, 0) is 106 Å². The van der Waals surface area contributed by atoms with Gasteiger partial charge in [0.05, 0.1) is 26.7 Å². The van der Waals surface area contributed by atoms with Gasteiger partial charge in [-0.2, -0.15) is 38.2 Å². The van der Waals surface area contributed by atoms with Crippen LogP contribution in [0.15, 0.2) is 143 Å². The molecule has 0 saturated carbocycles. The SMILES string of the molecule is CC1(CCCCS(=O)(=O)O)C(=CC=CC=CC2=[N+](CCCC3=CC=CC=CC=C3)c3ccc(S(=O)(=O)O)cc3C2(C)CCCCS(=O)(=O)O)N(CCCCCC(=O)On2c(O)ccc2O)c2ccc(S(=O)(=O)O)cc21. The second kappa shape index (κ2) is 24.4. The maximum atomic E-state index is 12.6. The molecule has 2 aromatic carbocycles. The molecule has 6 rings (SSSR count). The number of carbonyl (C=O) groups is 1. The zero-order valence-corrected chi connectivity index (χ0v) is 44.9. The van der Waals surface area contributed by atoms with Crippen LogP contribution in [0.25, 0.3) is 0 Å². The average molecular weight is 1120 g/mol. The number of aromatic hydroxyl groups is 2. The molecule has 6 N–H and O–H groups in total. The van der Waals surface area contributed by atoms with Crippen LogP contribution < -0.4 is 9.74 Å². The van der Waals surface area contributed by atoms with Crippen molar-refractivity contribution in [2.45, 2.75) is 112 Å². The van der Waals surface area contributed by atoms with Crippen LogP contribution in [0.1, 0.15) is 102 Å². The Bertz CT molecular complexity index is 3330. The van der Waals surface area contributed by atoms with Crippen molar-refractivity contribution in [3.05, 3.63) is 144 Å². The summed E-state index contributed by atoms with van der Waals surface area (Å²) in [6, 6.07) is 11.0. The zero-order valence-electron chi connectivity index (χ0n) is 41.6. The highest BCUT2D eigenvalue weighted by Crippen LogP contribution is 2.52. The van der Waals surface area contributed by atoms with Crippen LogP contribution in [0, 0.1) is 0 Å². The molecule has 0 amide bonds. The third-order valence-electron chi connectivity index (χ3n) is 13.6. The average Bonchev–Trinajstić information content (AvgIpc) is 3.84. The summed E-state index contributed by atoms with van der Waals surface area (Å²) >= 11 is 0. The Labute approximate surface area is 438 Å². The first-order valence-electron chi connectivity index (χ1n) is 24.4. The molecule has 3 aliphatic rings. The van der Waals surface area contributed by atoms with Crippen molar-refractivity contribution in [1.29, 1.82) is 0 Å². The molecular formula is C52H64N3O16S4+. The van der Waals surface area contributed by atoms with E-state index in [0.29, 0.717) is 91.0 Å². The topological polar surface area (TPSA) is 295 Å². The molecule has 19 nitrogen and oxygen atoms in total. The molecule has 2 atom stereocenters. The van der Waals surface area contributed by atoms with Gasteiger partial charge in [0.2, 0.25) is 17.4 Å². The van der Waals surface area contributed by atoms with Crippen molar-refractivity contribution in [2.75, 3.05) is 29.5 Å². The van der Waals surface area contributed by atoms with Crippen molar-refractivity contribution in [2.24, 2.45) is 0 Å². The van der Waals surface area contributed by atoms with Gasteiger partial charge in [-0.1, -0.05) is 80.0 Å². The fraction of sp³-hybridized carbons (Fsp3) is 0.385. The number of allylic oxidation sites excluding steroid dienone is 14. The van der Waals surface area contributed by atoms with Gasteiger partial charge in [-0.3, -0.25) is 18.2 Å². The predicted octanol–water partition coefficient (Wildman–Crippen LogP) is 8.24. The van der Waals surface area contributed by atoms with Gasteiger partial charge >= 0.3 is 5.97 Å². The monoisotopic (exact) mass is 1110 g/mol. The highest BCUT2D eigenvalue weighted by atomic mass is 32.2. The minimum absolute atomic E-state index is 0.0493. The molecule has 3 aromatic rings. The first-order chi connectivity index (χ1) is 35.2. The quantitative estimate of drug-likeness (QED) is 0.0191. The third kappa shape index (κ3) is 15.4. The number of carbonyl (C=O) groups excluding carboxylic acids is 1. The summed E-state index contributed by atoms with van der Waals surface area (Å²) in [7, 11) is -17.8. The van der Waals surface area contributed by atoms with Crippen molar-refractivity contribution < 1.29 is 76.3 Å². The molecule has 2 aliphatic heterocycles. The number of unbranched alkanes of at least 4 members (excludes halogenated alkanes) is 4. The van der Waals surface area contributed by atoms with Crippen LogP contribution in [-0.2, 0) is 56.1 Å². The molecule has 75 heavy (non-hydrogen) atoms. The predicted molar refractivity (Wildman–Crippen MR) is 284 cm³/mol. The highest BCUT2D eigenvalue weighted by Gasteiger charge is 2.48. The van der Waals surface area contributed by atoms with Crippen LogP contribution in [-0.4, -0.2) is 108 Å². The van der Waals surface area contributed by atoms with Crippen LogP contribution in [0.3, 0.4) is 0 Å². The van der Waals surface area contributed by atoms with E-state index >= 15 is 0 Å². The smallest absolute Gasteiger partial charge is 0.333 e. The standard InChI is InChI=1S/C52H63N3O16S4/c1-51(31-13-16-35-72(59,60)61)42-37-40(74(65,66)67)25-27-44(42)53(33-15-7-12-24-50(58)71-55-48(56)29-30-49(55)57)46(51)22-10-6-11-23-47-52(2,32-14-17-36-73(62,63)64)43-38-41(75(68,69)70)26-28-45(43)54(47)34-18-21-39-19-8-4-3-5-9-20-39/h3-6,8-11,19-20,22-23,25-30,37-38H,7,12-18,21,24,31-36H2,1-2H3,(H5-,56,57,59,60,61,62,63,64,65,66,67,68,69,70)/p+1. The molecule has 1 aromatic heterocycles. The lowest BCUT2D eigenvalue weighted by molar-refractivity contribution is -0.438. The van der Waals surface area contributed by atoms with Crippen molar-refractivity contribution in [3.63, 3.8) is 0 Å². The van der Waals surface area contributed by atoms with Crippen molar-refractivity contribution in [1.82, 2.24) is 4.73 Å². The lowest BCUT2D eigenvalue weighted by atomic mass is 9.75. The summed E-state index contributed by atoms with van der Waals surface area (Å²) in [6.45, 7) is 4.62. The third-order valence-corrected chi connectivity index (χ3v) is 16.9. The molecule has 0 spiro atoms. The number of aromatic nitrogens is 1. The van der Waals surface area contributed by atoms with Gasteiger partial charge in [-0.25, -0.2) is 4.79 Å². The molecule has 0 saturated heterocycles. The van der Waals surface area contributed by atoms with Gasteiger partial charge in [0, 0.05) is 66.0 Å². The minimum Gasteiger partial charge on any atom is -0.492 e. The molecule has 0 radical (unpaired) electrons. The Kier molecular flexibility index (Phi) is 19.0. The minimum atomic E-state index is -4.66. The molecule has 2 unspecified atom stereocenters. The van der Waals surface area contributed by atoms with E-state index in [1.54, 1.807) is 30.4 Å². The summed E-state index contributed by atoms with van der Waals surface area (Å²) in [5.41, 5.74) is 3.06. The van der Waals surface area contributed by atoms with E-state index < -0.39 is 80.5 Å². The first-order valence-corrected chi connectivity index (χ1v) is 30.4. The Morgan fingerprint density at radius 3 is 1.89 bits per heavy atom. The van der Waals surface area contributed by atoms with Crippen LogP contribution >= 0.6 is 0 Å². The number of anilines is 1. The van der Waals surface area contributed by atoms with Crippen molar-refractivity contribution >= 4 is 63.5 Å². The summed E-state index contributed by atoms with van der Waals surface area (Å²) in [5, 5.41) is 19.7. The van der Waals surface area contributed by atoms with Gasteiger partial charge in [0.1, 0.15) is 6.54 Å². The lowest BCUT2D eigenvalue weighted by Gasteiger charge is -2.30. The largest absolute Gasteiger partial charge is 0.492 e. The summed E-state index contributed by atoms with van der Waals surface area (Å²) in [4.78, 5) is 19.0. The molecule has 0 fully saturated rings. The Morgan fingerprint density at radius 2 is 1.25 bits per heavy atom. The fourth-order valence-corrected chi connectivity index (χ4v) is 12.0. The van der Waals surface area contributed by atoms with Gasteiger partial charge in [0.25, 0.3) is 40.5 Å². The van der Waals surface area contributed by atoms with Crippen molar-refractivity contribution in [3.8, 4) is 11.8 Å². The maximum Gasteiger partial charge on any atom is 0.333 e. The Hall–Kier alpha value is -5.92. The van der Waals surface area contributed by atoms with Crippen LogP contribution in [0.5, 0.6) is 11.8 Å². The van der Waals surface area contributed by atoms with E-state index in [-0.39, 0.29) is 41.9 Å². The number of hydrogen-bond acceptors (Lipinski definition) is 13. The molecule has 0 bridgehead atoms. The van der Waals surface area contributed by atoms with E-state index in [0.717, 1.165) is 23.4 Å². The molecular weight excluding hydrogens is 1050 g/mol.